The first kappa shape index (κ1) is 20.5. The third-order valence-electron chi connectivity index (χ3n) is 5.67. The Balaban J connectivity index is 1.31. The number of piperidine rings is 1. The molecule has 2 aromatic rings. The third-order valence-corrected chi connectivity index (χ3v) is 5.67. The smallest absolute Gasteiger partial charge is 0.196 e. The summed E-state index contributed by atoms with van der Waals surface area (Å²) in [4.78, 5) is 15.3. The van der Waals surface area contributed by atoms with Crippen molar-refractivity contribution in [2.75, 3.05) is 40.0 Å². The molecule has 2 heterocycles. The molecule has 0 bridgehead atoms. The summed E-state index contributed by atoms with van der Waals surface area (Å²) in [7, 11) is 1.60. The zero-order chi connectivity index (χ0) is 20.8. The van der Waals surface area contributed by atoms with E-state index in [0.29, 0.717) is 22.6 Å². The number of benzene rings is 2. The fourth-order valence-corrected chi connectivity index (χ4v) is 3.96. The quantitative estimate of drug-likeness (QED) is 0.496. The number of Topliss-reactive ketones (excluding diaryl/α,β-unsaturated/α-hetero) is 1. The minimum absolute atomic E-state index is 0.00283. The summed E-state index contributed by atoms with van der Waals surface area (Å²) >= 11 is 0. The molecule has 158 valence electrons. The van der Waals surface area contributed by atoms with Crippen molar-refractivity contribution in [3.63, 3.8) is 0 Å². The largest absolute Gasteiger partial charge is 0.497 e. The van der Waals surface area contributed by atoms with Gasteiger partial charge in [0.1, 0.15) is 23.9 Å². The summed E-state index contributed by atoms with van der Waals surface area (Å²) in [6, 6.07) is 13.2. The summed E-state index contributed by atoms with van der Waals surface area (Å²) in [6.45, 7) is 4.55. The highest BCUT2D eigenvalue weighted by atomic mass is 16.5. The van der Waals surface area contributed by atoms with E-state index in [1.54, 1.807) is 25.3 Å². The Kier molecular flexibility index (Phi) is 6.70. The number of ketones is 1. The Morgan fingerprint density at radius 2 is 1.80 bits per heavy atom. The van der Waals surface area contributed by atoms with Crippen molar-refractivity contribution in [3.05, 3.63) is 59.2 Å². The molecule has 0 unspecified atom stereocenters. The van der Waals surface area contributed by atoms with Gasteiger partial charge in [-0.05, 0) is 68.3 Å². The number of carbonyl (C=O) groups is 1. The van der Waals surface area contributed by atoms with Crippen LogP contribution in [-0.2, 0) is 0 Å². The second-order valence-electron chi connectivity index (χ2n) is 7.82. The van der Waals surface area contributed by atoms with Gasteiger partial charge < -0.3 is 19.1 Å². The summed E-state index contributed by atoms with van der Waals surface area (Å²) in [5.74, 6) is 2.11. The number of methoxy groups -OCH3 is 1. The minimum Gasteiger partial charge on any atom is -0.497 e. The molecule has 2 aromatic carbocycles. The van der Waals surface area contributed by atoms with E-state index in [1.807, 2.05) is 30.3 Å². The number of rotatable bonds is 7. The van der Waals surface area contributed by atoms with Crippen molar-refractivity contribution in [1.82, 2.24) is 4.90 Å². The fraction of sp³-hybridized carbons (Fsp3) is 0.400. The van der Waals surface area contributed by atoms with Gasteiger partial charge in [0.05, 0.1) is 19.3 Å². The van der Waals surface area contributed by atoms with Crippen molar-refractivity contribution < 1.29 is 19.0 Å². The van der Waals surface area contributed by atoms with E-state index in [0.717, 1.165) is 30.9 Å². The molecule has 0 N–H and O–H groups in total. The number of nitrogens with zero attached hydrogens (tertiary/aromatic N) is 1. The van der Waals surface area contributed by atoms with Crippen LogP contribution < -0.4 is 14.2 Å². The average molecular weight is 408 g/mol. The van der Waals surface area contributed by atoms with Gasteiger partial charge in [-0.15, -0.1) is 0 Å². The average Bonchev–Trinajstić information content (AvgIpc) is 2.80. The van der Waals surface area contributed by atoms with Gasteiger partial charge >= 0.3 is 0 Å². The molecular formula is C25H29NO4. The molecule has 4 rings (SSSR count). The van der Waals surface area contributed by atoms with E-state index in [2.05, 4.69) is 4.90 Å². The highest BCUT2D eigenvalue weighted by Gasteiger charge is 2.23. The van der Waals surface area contributed by atoms with Crippen molar-refractivity contribution >= 4 is 11.9 Å². The lowest BCUT2D eigenvalue weighted by Crippen LogP contribution is -2.31. The predicted octanol–water partition coefficient (Wildman–Crippen LogP) is 4.61. The molecule has 0 spiro atoms. The zero-order valence-electron chi connectivity index (χ0n) is 17.6. The van der Waals surface area contributed by atoms with Crippen LogP contribution in [0.3, 0.4) is 0 Å². The Morgan fingerprint density at radius 1 is 1.03 bits per heavy atom. The van der Waals surface area contributed by atoms with Gasteiger partial charge in [-0.3, -0.25) is 4.79 Å². The summed E-state index contributed by atoms with van der Waals surface area (Å²) < 4.78 is 16.8. The first-order chi connectivity index (χ1) is 14.7. The fourth-order valence-electron chi connectivity index (χ4n) is 3.96. The lowest BCUT2D eigenvalue weighted by atomic mass is 9.98. The van der Waals surface area contributed by atoms with Gasteiger partial charge in [-0.2, -0.15) is 0 Å². The second-order valence-corrected chi connectivity index (χ2v) is 7.82. The number of fused-ring (bicyclic) bond motifs is 1. The maximum Gasteiger partial charge on any atom is 0.196 e. The number of ether oxygens (including phenoxy) is 3. The van der Waals surface area contributed by atoms with Crippen LogP contribution in [0.2, 0.25) is 0 Å². The molecule has 1 saturated heterocycles. The maximum absolute atomic E-state index is 12.8. The third kappa shape index (κ3) is 5.03. The first-order valence-corrected chi connectivity index (χ1v) is 10.7. The first-order valence-electron chi connectivity index (χ1n) is 10.7. The molecule has 5 heteroatoms. The molecule has 2 aliphatic rings. The van der Waals surface area contributed by atoms with Crippen molar-refractivity contribution in [2.24, 2.45) is 0 Å². The van der Waals surface area contributed by atoms with E-state index in [4.69, 9.17) is 14.2 Å². The summed E-state index contributed by atoms with van der Waals surface area (Å²) in [5, 5.41) is 0. The van der Waals surface area contributed by atoms with Crippen LogP contribution in [0.5, 0.6) is 17.2 Å². The SMILES string of the molecule is COc1ccc2c(c1)OCC(=Cc1ccc(OCCCN3CCCCC3)cc1)C2=O. The standard InChI is InChI=1S/C25H29NO4/c1-28-22-10-11-23-24(17-22)30-18-20(25(23)27)16-19-6-8-21(9-7-19)29-15-5-14-26-12-3-2-4-13-26/h6-11,16-17H,2-5,12-15,18H2,1H3. The molecule has 30 heavy (non-hydrogen) atoms. The van der Waals surface area contributed by atoms with Gasteiger partial charge in [0.15, 0.2) is 5.78 Å². The monoisotopic (exact) mass is 407 g/mol. The summed E-state index contributed by atoms with van der Waals surface area (Å²) in [5.41, 5.74) is 2.17. The lowest BCUT2D eigenvalue weighted by Gasteiger charge is -2.26. The Bertz CT molecular complexity index is 898. The van der Waals surface area contributed by atoms with Gasteiger partial charge in [-0.1, -0.05) is 18.6 Å². The molecule has 0 atom stereocenters. The highest BCUT2D eigenvalue weighted by Crippen LogP contribution is 2.31. The van der Waals surface area contributed by atoms with E-state index >= 15 is 0 Å². The molecule has 0 aliphatic carbocycles. The molecule has 5 nitrogen and oxygen atoms in total. The van der Waals surface area contributed by atoms with E-state index < -0.39 is 0 Å². The van der Waals surface area contributed by atoms with Crippen LogP contribution in [0, 0.1) is 0 Å². The van der Waals surface area contributed by atoms with Crippen LogP contribution in [0.1, 0.15) is 41.6 Å². The Labute approximate surface area is 178 Å². The topological polar surface area (TPSA) is 48.0 Å². The molecule has 0 radical (unpaired) electrons. The Morgan fingerprint density at radius 3 is 2.57 bits per heavy atom. The molecule has 0 aromatic heterocycles. The lowest BCUT2D eigenvalue weighted by molar-refractivity contribution is 0.100. The van der Waals surface area contributed by atoms with Crippen molar-refractivity contribution in [2.45, 2.75) is 25.7 Å². The summed E-state index contributed by atoms with van der Waals surface area (Å²) in [6.07, 6.45) is 6.95. The maximum atomic E-state index is 12.8. The zero-order valence-corrected chi connectivity index (χ0v) is 17.6. The van der Waals surface area contributed by atoms with Crippen LogP contribution in [0.4, 0.5) is 0 Å². The van der Waals surface area contributed by atoms with E-state index in [1.165, 1.54) is 32.4 Å². The second kappa shape index (κ2) is 9.81. The highest BCUT2D eigenvalue weighted by molar-refractivity contribution is 6.14. The van der Waals surface area contributed by atoms with E-state index in [-0.39, 0.29) is 12.4 Å². The van der Waals surface area contributed by atoms with Crippen LogP contribution in [0.15, 0.2) is 48.0 Å². The van der Waals surface area contributed by atoms with E-state index in [9.17, 15) is 4.79 Å². The van der Waals surface area contributed by atoms with Crippen molar-refractivity contribution in [1.29, 1.82) is 0 Å². The van der Waals surface area contributed by atoms with Crippen LogP contribution in [0.25, 0.3) is 6.08 Å². The Hall–Kier alpha value is -2.79. The molecule has 0 amide bonds. The number of carbonyl (C=O) groups excluding carboxylic acids is 1. The number of hydrogen-bond donors (Lipinski definition) is 0. The minimum atomic E-state index is -0.00283. The van der Waals surface area contributed by atoms with Crippen LogP contribution >= 0.6 is 0 Å². The number of likely N-dealkylation sites (tertiary alicyclic amines) is 1. The van der Waals surface area contributed by atoms with Gasteiger partial charge in [0.25, 0.3) is 0 Å². The molecule has 2 aliphatic heterocycles. The van der Waals surface area contributed by atoms with Crippen LogP contribution in [-0.4, -0.2) is 50.6 Å². The van der Waals surface area contributed by atoms with Gasteiger partial charge in [-0.25, -0.2) is 0 Å². The normalized spacial score (nSPS) is 18.0. The molecule has 0 saturated carbocycles. The molecule has 1 fully saturated rings. The number of hydrogen-bond acceptors (Lipinski definition) is 5. The van der Waals surface area contributed by atoms with Crippen molar-refractivity contribution in [3.8, 4) is 17.2 Å². The predicted molar refractivity (Wildman–Crippen MR) is 118 cm³/mol. The van der Waals surface area contributed by atoms with Gasteiger partial charge in [0.2, 0.25) is 0 Å². The van der Waals surface area contributed by atoms with Gasteiger partial charge in [0, 0.05) is 18.2 Å². The molecular weight excluding hydrogens is 378 g/mol.